The molecule has 104 valence electrons. The van der Waals surface area contributed by atoms with Gasteiger partial charge in [0.25, 0.3) is 0 Å². The van der Waals surface area contributed by atoms with Gasteiger partial charge in [-0.25, -0.2) is 4.98 Å². The van der Waals surface area contributed by atoms with E-state index in [1.807, 2.05) is 11.3 Å². The fraction of sp³-hybridized carbons (Fsp3) is 0.562. The first-order valence-electron chi connectivity index (χ1n) is 7.24. The first kappa shape index (κ1) is 14.5. The minimum absolute atomic E-state index is 0.694. The molecule has 0 spiro atoms. The van der Waals surface area contributed by atoms with E-state index < -0.39 is 0 Å². The minimum Gasteiger partial charge on any atom is -0.316 e. The van der Waals surface area contributed by atoms with Crippen LogP contribution in [0.25, 0.3) is 10.2 Å². The van der Waals surface area contributed by atoms with Gasteiger partial charge in [-0.3, -0.25) is 0 Å². The second kappa shape index (κ2) is 7.01. The molecule has 0 bridgehead atoms. The summed E-state index contributed by atoms with van der Waals surface area (Å²) in [6.45, 7) is 8.99. The van der Waals surface area contributed by atoms with Gasteiger partial charge in [-0.1, -0.05) is 39.3 Å². The number of rotatable bonds is 7. The largest absolute Gasteiger partial charge is 0.316 e. The Balaban J connectivity index is 1.93. The van der Waals surface area contributed by atoms with Crippen LogP contribution < -0.4 is 5.32 Å². The number of nitrogens with one attached hydrogen (secondary N) is 1. The first-order chi connectivity index (χ1) is 9.19. The number of thiazole rings is 1. The van der Waals surface area contributed by atoms with E-state index in [1.165, 1.54) is 16.1 Å². The van der Waals surface area contributed by atoms with Crippen LogP contribution in [0.3, 0.4) is 0 Å². The minimum atomic E-state index is 0.694. The highest BCUT2D eigenvalue weighted by Gasteiger charge is 2.11. The summed E-state index contributed by atoms with van der Waals surface area (Å²) in [5, 5.41) is 4.84. The molecule has 0 saturated carbocycles. The van der Waals surface area contributed by atoms with Crippen molar-refractivity contribution in [2.24, 2.45) is 11.8 Å². The molecule has 3 heteroatoms. The van der Waals surface area contributed by atoms with E-state index in [4.69, 9.17) is 4.98 Å². The quantitative estimate of drug-likeness (QED) is 0.823. The number of hydrogen-bond donors (Lipinski definition) is 1. The molecule has 19 heavy (non-hydrogen) atoms. The van der Waals surface area contributed by atoms with E-state index in [0.717, 1.165) is 30.9 Å². The summed E-state index contributed by atoms with van der Waals surface area (Å²) in [7, 11) is 0. The molecule has 1 heterocycles. The number of hydrogen-bond acceptors (Lipinski definition) is 3. The van der Waals surface area contributed by atoms with Gasteiger partial charge in [0.2, 0.25) is 0 Å². The summed E-state index contributed by atoms with van der Waals surface area (Å²) in [5.74, 6) is 1.42. The van der Waals surface area contributed by atoms with E-state index >= 15 is 0 Å². The van der Waals surface area contributed by atoms with Crippen LogP contribution in [-0.2, 0) is 6.42 Å². The van der Waals surface area contributed by atoms with Crippen LogP contribution in [0.4, 0.5) is 0 Å². The molecule has 0 fully saturated rings. The van der Waals surface area contributed by atoms with Crippen LogP contribution >= 0.6 is 11.3 Å². The lowest BCUT2D eigenvalue weighted by Crippen LogP contribution is -2.27. The van der Waals surface area contributed by atoms with E-state index in [1.54, 1.807) is 0 Å². The van der Waals surface area contributed by atoms with Crippen molar-refractivity contribution >= 4 is 21.6 Å². The van der Waals surface area contributed by atoms with Crippen molar-refractivity contribution in [3.8, 4) is 0 Å². The Bertz CT molecular complexity index is 471. The molecule has 0 saturated heterocycles. The summed E-state index contributed by atoms with van der Waals surface area (Å²) >= 11 is 1.84. The lowest BCUT2D eigenvalue weighted by molar-refractivity contribution is 0.437. The molecule has 0 aliphatic rings. The standard InChI is InChI=1S/C16H24N2S/c1-4-13(11-17-10-12(2)3)9-16-18-14-7-5-6-8-15(14)19-16/h5-8,12-13,17H,4,9-11H2,1-3H3. The molecule has 0 aliphatic heterocycles. The monoisotopic (exact) mass is 276 g/mol. The summed E-state index contributed by atoms with van der Waals surface area (Å²) in [6.07, 6.45) is 2.31. The summed E-state index contributed by atoms with van der Waals surface area (Å²) in [5.41, 5.74) is 1.15. The molecule has 1 aromatic heterocycles. The Labute approximate surface area is 120 Å². The smallest absolute Gasteiger partial charge is 0.0941 e. The van der Waals surface area contributed by atoms with E-state index in [0.29, 0.717) is 5.92 Å². The van der Waals surface area contributed by atoms with Crippen molar-refractivity contribution < 1.29 is 0 Å². The van der Waals surface area contributed by atoms with Crippen LogP contribution in [0.1, 0.15) is 32.2 Å². The third-order valence-electron chi connectivity index (χ3n) is 3.36. The predicted octanol–water partition coefficient (Wildman–Crippen LogP) is 4.11. The van der Waals surface area contributed by atoms with E-state index in [2.05, 4.69) is 50.4 Å². The average molecular weight is 276 g/mol. The average Bonchev–Trinajstić information content (AvgIpc) is 2.79. The van der Waals surface area contributed by atoms with Crippen LogP contribution in [0, 0.1) is 11.8 Å². The Morgan fingerprint density at radius 2 is 2.00 bits per heavy atom. The zero-order chi connectivity index (χ0) is 13.7. The lowest BCUT2D eigenvalue weighted by Gasteiger charge is -2.15. The zero-order valence-corrected chi connectivity index (χ0v) is 13.0. The third kappa shape index (κ3) is 4.29. The maximum atomic E-state index is 4.73. The van der Waals surface area contributed by atoms with Gasteiger partial charge >= 0.3 is 0 Å². The number of para-hydroxylation sites is 1. The van der Waals surface area contributed by atoms with Gasteiger partial charge < -0.3 is 5.32 Å². The highest BCUT2D eigenvalue weighted by molar-refractivity contribution is 7.18. The van der Waals surface area contributed by atoms with Crippen LogP contribution in [0.15, 0.2) is 24.3 Å². The fourth-order valence-electron chi connectivity index (χ4n) is 2.19. The molecule has 1 aromatic carbocycles. The van der Waals surface area contributed by atoms with Crippen molar-refractivity contribution in [2.75, 3.05) is 13.1 Å². The Hall–Kier alpha value is -0.930. The first-order valence-corrected chi connectivity index (χ1v) is 8.05. The normalized spacial score (nSPS) is 13.3. The topological polar surface area (TPSA) is 24.9 Å². The summed E-state index contributed by atoms with van der Waals surface area (Å²) < 4.78 is 1.31. The number of fused-ring (bicyclic) bond motifs is 1. The van der Waals surface area contributed by atoms with Gasteiger partial charge in [0.1, 0.15) is 0 Å². The predicted molar refractivity (Wildman–Crippen MR) is 84.8 cm³/mol. The molecule has 0 radical (unpaired) electrons. The maximum Gasteiger partial charge on any atom is 0.0941 e. The van der Waals surface area contributed by atoms with Gasteiger partial charge in [0.15, 0.2) is 0 Å². The molecule has 1 N–H and O–H groups in total. The van der Waals surface area contributed by atoms with Crippen molar-refractivity contribution in [3.05, 3.63) is 29.3 Å². The molecular formula is C16H24N2S. The molecule has 0 amide bonds. The van der Waals surface area contributed by atoms with Crippen molar-refractivity contribution in [1.29, 1.82) is 0 Å². The van der Waals surface area contributed by atoms with Crippen LogP contribution in [0.5, 0.6) is 0 Å². The number of benzene rings is 1. The zero-order valence-electron chi connectivity index (χ0n) is 12.1. The lowest BCUT2D eigenvalue weighted by atomic mass is 10.0. The second-order valence-corrected chi connectivity index (χ2v) is 6.72. The SMILES string of the molecule is CCC(CNCC(C)C)Cc1nc2ccccc2s1. The van der Waals surface area contributed by atoms with Gasteiger partial charge in [0, 0.05) is 6.42 Å². The molecule has 1 unspecified atom stereocenters. The van der Waals surface area contributed by atoms with Crippen molar-refractivity contribution in [3.63, 3.8) is 0 Å². The number of nitrogens with zero attached hydrogens (tertiary/aromatic N) is 1. The molecule has 1 atom stereocenters. The highest BCUT2D eigenvalue weighted by Crippen LogP contribution is 2.24. The molecule has 2 nitrogen and oxygen atoms in total. The fourth-order valence-corrected chi connectivity index (χ4v) is 3.27. The Morgan fingerprint density at radius 1 is 1.21 bits per heavy atom. The van der Waals surface area contributed by atoms with E-state index in [9.17, 15) is 0 Å². The second-order valence-electron chi connectivity index (χ2n) is 5.61. The van der Waals surface area contributed by atoms with Gasteiger partial charge in [0.05, 0.1) is 15.2 Å². The van der Waals surface area contributed by atoms with Gasteiger partial charge in [-0.05, 0) is 37.1 Å². The third-order valence-corrected chi connectivity index (χ3v) is 4.42. The van der Waals surface area contributed by atoms with Gasteiger partial charge in [-0.2, -0.15) is 0 Å². The Morgan fingerprint density at radius 3 is 2.68 bits per heavy atom. The Kier molecular flexibility index (Phi) is 5.34. The summed E-state index contributed by atoms with van der Waals surface area (Å²) in [6, 6.07) is 8.42. The molecule has 0 aliphatic carbocycles. The van der Waals surface area contributed by atoms with Crippen molar-refractivity contribution in [1.82, 2.24) is 10.3 Å². The summed E-state index contributed by atoms with van der Waals surface area (Å²) in [4.78, 5) is 4.73. The molecule has 2 rings (SSSR count). The number of aromatic nitrogens is 1. The maximum absolute atomic E-state index is 4.73. The van der Waals surface area contributed by atoms with E-state index in [-0.39, 0.29) is 0 Å². The van der Waals surface area contributed by atoms with Crippen molar-refractivity contribution in [2.45, 2.75) is 33.6 Å². The highest BCUT2D eigenvalue weighted by atomic mass is 32.1. The molecule has 2 aromatic rings. The molecular weight excluding hydrogens is 252 g/mol. The van der Waals surface area contributed by atoms with Gasteiger partial charge in [-0.15, -0.1) is 11.3 Å². The van der Waals surface area contributed by atoms with Crippen LogP contribution in [-0.4, -0.2) is 18.1 Å². The van der Waals surface area contributed by atoms with Crippen LogP contribution in [0.2, 0.25) is 0 Å².